The Hall–Kier alpha value is -2.58. The minimum atomic E-state index is -3.78. The molecule has 0 unspecified atom stereocenters. The largest absolute Gasteiger partial charge is 0.352 e. The Morgan fingerprint density at radius 3 is 2.26 bits per heavy atom. The van der Waals surface area contributed by atoms with E-state index in [2.05, 4.69) is 5.32 Å². The van der Waals surface area contributed by atoms with E-state index in [0.717, 1.165) is 28.1 Å². The summed E-state index contributed by atoms with van der Waals surface area (Å²) in [6.45, 7) is 9.06. The Balaban J connectivity index is 2.49. The van der Waals surface area contributed by atoms with Crippen molar-refractivity contribution in [3.63, 3.8) is 0 Å². The molecule has 2 atom stereocenters. The van der Waals surface area contributed by atoms with E-state index >= 15 is 0 Å². The maximum atomic E-state index is 13.7. The average Bonchev–Trinajstić information content (AvgIpc) is 2.78. The van der Waals surface area contributed by atoms with Gasteiger partial charge in [-0.05, 0) is 56.9 Å². The average molecular weight is 522 g/mol. The van der Waals surface area contributed by atoms with Gasteiger partial charge in [-0.3, -0.25) is 13.9 Å². The first kappa shape index (κ1) is 28.7. The molecule has 0 bridgehead atoms. The number of rotatable bonds is 11. The molecular weight excluding hydrogens is 486 g/mol. The molecule has 1 N–H and O–H groups in total. The summed E-state index contributed by atoms with van der Waals surface area (Å²) in [5, 5.41) is 3.42. The first-order valence-electron chi connectivity index (χ1n) is 11.8. The molecule has 0 aromatic heterocycles. The predicted molar refractivity (Wildman–Crippen MR) is 142 cm³/mol. The SMILES string of the molecule is CC[C@@H](C)NC(=O)[C@H](CC)N(Cc1ccccc1Cl)C(=O)CN(c1ccc(C)cc1C)S(C)(=O)=O. The molecule has 2 amide bonds. The minimum Gasteiger partial charge on any atom is -0.352 e. The third-order valence-corrected chi connectivity index (χ3v) is 7.48. The van der Waals surface area contributed by atoms with Gasteiger partial charge in [-0.2, -0.15) is 0 Å². The lowest BCUT2D eigenvalue weighted by Gasteiger charge is -2.34. The van der Waals surface area contributed by atoms with E-state index in [0.29, 0.717) is 22.7 Å². The number of carbonyl (C=O) groups excluding carboxylic acids is 2. The molecule has 2 rings (SSSR count). The molecule has 0 aliphatic heterocycles. The van der Waals surface area contributed by atoms with Gasteiger partial charge < -0.3 is 10.2 Å². The maximum absolute atomic E-state index is 13.7. The van der Waals surface area contributed by atoms with Crippen molar-refractivity contribution in [1.82, 2.24) is 10.2 Å². The summed E-state index contributed by atoms with van der Waals surface area (Å²) in [7, 11) is -3.78. The first-order valence-corrected chi connectivity index (χ1v) is 14.0. The molecule has 0 heterocycles. The van der Waals surface area contributed by atoms with E-state index in [1.807, 2.05) is 39.8 Å². The van der Waals surface area contributed by atoms with Crippen LogP contribution >= 0.6 is 11.6 Å². The number of anilines is 1. The number of nitrogens with zero attached hydrogens (tertiary/aromatic N) is 2. The maximum Gasteiger partial charge on any atom is 0.244 e. The van der Waals surface area contributed by atoms with Crippen molar-refractivity contribution in [1.29, 1.82) is 0 Å². The Morgan fingerprint density at radius 1 is 1.06 bits per heavy atom. The molecule has 0 aliphatic carbocycles. The highest BCUT2D eigenvalue weighted by Crippen LogP contribution is 2.25. The molecule has 2 aromatic carbocycles. The van der Waals surface area contributed by atoms with E-state index in [4.69, 9.17) is 11.6 Å². The first-order chi connectivity index (χ1) is 16.4. The quantitative estimate of drug-likeness (QED) is 0.473. The Kier molecular flexibility index (Phi) is 10.2. The molecule has 2 aromatic rings. The third-order valence-electron chi connectivity index (χ3n) is 5.99. The van der Waals surface area contributed by atoms with Gasteiger partial charge in [0.15, 0.2) is 0 Å². The van der Waals surface area contributed by atoms with Crippen LogP contribution in [-0.2, 0) is 26.2 Å². The highest BCUT2D eigenvalue weighted by molar-refractivity contribution is 7.92. The van der Waals surface area contributed by atoms with Gasteiger partial charge in [-0.1, -0.05) is 61.3 Å². The van der Waals surface area contributed by atoms with Gasteiger partial charge in [0.05, 0.1) is 11.9 Å². The monoisotopic (exact) mass is 521 g/mol. The zero-order chi connectivity index (χ0) is 26.3. The molecule has 0 fully saturated rings. The van der Waals surface area contributed by atoms with Gasteiger partial charge in [0.2, 0.25) is 21.8 Å². The van der Waals surface area contributed by atoms with Crippen LogP contribution < -0.4 is 9.62 Å². The van der Waals surface area contributed by atoms with Crippen LogP contribution in [0.4, 0.5) is 5.69 Å². The van der Waals surface area contributed by atoms with Crippen LogP contribution in [-0.4, -0.2) is 50.0 Å². The molecule has 35 heavy (non-hydrogen) atoms. The van der Waals surface area contributed by atoms with Crippen LogP contribution in [0.3, 0.4) is 0 Å². The lowest BCUT2D eigenvalue weighted by Crippen LogP contribution is -2.53. The van der Waals surface area contributed by atoms with Crippen LogP contribution in [0.25, 0.3) is 0 Å². The number of amides is 2. The number of hydrogen-bond acceptors (Lipinski definition) is 4. The molecule has 0 saturated heterocycles. The van der Waals surface area contributed by atoms with Crippen molar-refractivity contribution in [2.24, 2.45) is 0 Å². The van der Waals surface area contributed by atoms with Crippen molar-refractivity contribution in [3.05, 3.63) is 64.2 Å². The van der Waals surface area contributed by atoms with Crippen molar-refractivity contribution in [2.45, 2.75) is 66.1 Å². The second-order valence-corrected chi connectivity index (χ2v) is 11.2. The summed E-state index contributed by atoms with van der Waals surface area (Å²) >= 11 is 6.37. The summed E-state index contributed by atoms with van der Waals surface area (Å²) in [5.74, 6) is -0.763. The van der Waals surface area contributed by atoms with E-state index < -0.39 is 28.5 Å². The van der Waals surface area contributed by atoms with Gasteiger partial charge >= 0.3 is 0 Å². The van der Waals surface area contributed by atoms with Gasteiger partial charge in [-0.15, -0.1) is 0 Å². The van der Waals surface area contributed by atoms with E-state index in [9.17, 15) is 18.0 Å². The molecule has 0 aliphatic rings. The number of nitrogens with one attached hydrogen (secondary N) is 1. The van der Waals surface area contributed by atoms with Crippen molar-refractivity contribution in [2.75, 3.05) is 17.1 Å². The van der Waals surface area contributed by atoms with Crippen molar-refractivity contribution < 1.29 is 18.0 Å². The summed E-state index contributed by atoms with van der Waals surface area (Å²) in [6.07, 6.45) is 2.18. The van der Waals surface area contributed by atoms with Crippen LogP contribution in [0, 0.1) is 13.8 Å². The molecule has 0 spiro atoms. The minimum absolute atomic E-state index is 0.0588. The second-order valence-electron chi connectivity index (χ2n) is 8.91. The van der Waals surface area contributed by atoms with Crippen LogP contribution in [0.1, 0.15) is 50.3 Å². The number of aryl methyl sites for hydroxylation is 2. The molecule has 0 radical (unpaired) electrons. The fraction of sp³-hybridized carbons (Fsp3) is 0.462. The van der Waals surface area contributed by atoms with Gasteiger partial charge in [0.25, 0.3) is 0 Å². The third kappa shape index (κ3) is 7.70. The predicted octanol–water partition coefficient (Wildman–Crippen LogP) is 4.44. The second kappa shape index (κ2) is 12.4. The summed E-state index contributed by atoms with van der Waals surface area (Å²) in [5.41, 5.74) is 2.83. The lowest BCUT2D eigenvalue weighted by molar-refractivity contribution is -0.140. The van der Waals surface area contributed by atoms with Gasteiger partial charge in [0.1, 0.15) is 12.6 Å². The van der Waals surface area contributed by atoms with Crippen LogP contribution in [0.2, 0.25) is 5.02 Å². The van der Waals surface area contributed by atoms with Crippen molar-refractivity contribution >= 4 is 39.1 Å². The number of carbonyl (C=O) groups is 2. The molecule has 0 saturated carbocycles. The standard InChI is InChI=1S/C26H36ClN3O4S/c1-7-20(5)28-26(32)23(8-2)29(16-21-11-9-10-12-22(21)27)25(31)17-30(35(6,33)34)24-14-13-18(3)15-19(24)4/h9-15,20,23H,7-8,16-17H2,1-6H3,(H,28,32)/t20-,23+/m1/s1. The Bertz CT molecular complexity index is 1150. The summed E-state index contributed by atoms with van der Waals surface area (Å²) in [4.78, 5) is 28.3. The fourth-order valence-corrected chi connectivity index (χ4v) is 4.95. The van der Waals surface area contributed by atoms with E-state index in [1.54, 1.807) is 37.3 Å². The molecule has 7 nitrogen and oxygen atoms in total. The Morgan fingerprint density at radius 2 is 1.71 bits per heavy atom. The zero-order valence-corrected chi connectivity index (χ0v) is 22.9. The number of sulfonamides is 1. The topological polar surface area (TPSA) is 86.8 Å². The fourth-order valence-electron chi connectivity index (χ4n) is 3.85. The summed E-state index contributed by atoms with van der Waals surface area (Å²) < 4.78 is 26.6. The number of halogens is 1. The lowest BCUT2D eigenvalue weighted by atomic mass is 10.1. The molecule has 192 valence electrons. The zero-order valence-electron chi connectivity index (χ0n) is 21.3. The van der Waals surface area contributed by atoms with Crippen LogP contribution in [0.15, 0.2) is 42.5 Å². The highest BCUT2D eigenvalue weighted by Gasteiger charge is 2.32. The smallest absolute Gasteiger partial charge is 0.244 e. The van der Waals surface area contributed by atoms with Crippen molar-refractivity contribution in [3.8, 4) is 0 Å². The Labute approximate surface area is 214 Å². The number of benzene rings is 2. The number of hydrogen-bond donors (Lipinski definition) is 1. The van der Waals surface area contributed by atoms with Gasteiger partial charge in [0, 0.05) is 17.6 Å². The molecule has 9 heteroatoms. The van der Waals surface area contributed by atoms with E-state index in [-0.39, 0.29) is 18.5 Å². The summed E-state index contributed by atoms with van der Waals surface area (Å²) in [6, 6.07) is 11.6. The van der Waals surface area contributed by atoms with E-state index in [1.165, 1.54) is 4.90 Å². The molecular formula is C26H36ClN3O4S. The van der Waals surface area contributed by atoms with Crippen LogP contribution in [0.5, 0.6) is 0 Å². The highest BCUT2D eigenvalue weighted by atomic mass is 35.5. The van der Waals surface area contributed by atoms with Gasteiger partial charge in [-0.25, -0.2) is 8.42 Å². The normalized spacial score (nSPS) is 13.1.